The standard InChI is InChI=1S/C46H63N7O15S/c1-9-30-39(55)48-31-20-21-35(54)53(44(31)60)33(23-29-18-14-11-15-19-29)45(61)52(7)32(22-28-16-12-10-13-17-28)40(56)50-37(26(4)5)46(62)68-27(6)38(43(59)47-30)51-42(58)36(25(2)3)49-41(57)34(66-8)24-67-69(63,64)65/h9-19,25-27,31-38,54H,20-24H2,1-8H3,(H,47,59)(H,48,55)(H,49,57)(H,50,56)(H,51,58)(H,63,64,65)/p-1/b30-9-/t27-,31+,32+,33+,34-,35-,36+,37+,38+/m1/s1. The predicted octanol–water partition coefficient (Wildman–Crippen LogP) is -0.683. The predicted molar refractivity (Wildman–Crippen MR) is 244 cm³/mol. The van der Waals surface area contributed by atoms with E-state index >= 15 is 0 Å². The van der Waals surface area contributed by atoms with Crippen LogP contribution in [0.25, 0.3) is 0 Å². The van der Waals surface area contributed by atoms with E-state index in [4.69, 9.17) is 9.47 Å². The van der Waals surface area contributed by atoms with Crippen molar-refractivity contribution in [1.82, 2.24) is 36.4 Å². The first-order valence-electron chi connectivity index (χ1n) is 22.3. The van der Waals surface area contributed by atoms with Crippen molar-refractivity contribution in [2.24, 2.45) is 11.8 Å². The Labute approximate surface area is 401 Å². The molecule has 2 fully saturated rings. The molecule has 378 valence electrons. The Morgan fingerprint density at radius 2 is 1.46 bits per heavy atom. The molecule has 0 radical (unpaired) electrons. The van der Waals surface area contributed by atoms with Gasteiger partial charge in [0.15, 0.2) is 6.10 Å². The first-order chi connectivity index (χ1) is 32.5. The highest BCUT2D eigenvalue weighted by Crippen LogP contribution is 2.25. The zero-order chi connectivity index (χ0) is 51.3. The summed E-state index contributed by atoms with van der Waals surface area (Å²) < 4.78 is 48.1. The molecule has 2 saturated heterocycles. The van der Waals surface area contributed by atoms with Gasteiger partial charge in [0.2, 0.25) is 34.0 Å². The summed E-state index contributed by atoms with van der Waals surface area (Å²) >= 11 is 0. The van der Waals surface area contributed by atoms with Crippen molar-refractivity contribution in [3.63, 3.8) is 0 Å². The summed E-state index contributed by atoms with van der Waals surface area (Å²) in [5.41, 5.74) is 0.824. The summed E-state index contributed by atoms with van der Waals surface area (Å²) in [6.07, 6.45) is -3.90. The topological polar surface area (TPSA) is 308 Å². The van der Waals surface area contributed by atoms with Crippen molar-refractivity contribution in [1.29, 1.82) is 0 Å². The highest BCUT2D eigenvalue weighted by molar-refractivity contribution is 7.80. The average molecular weight is 985 g/mol. The molecule has 0 aromatic heterocycles. The molecule has 2 bridgehead atoms. The van der Waals surface area contributed by atoms with Crippen molar-refractivity contribution in [3.05, 3.63) is 83.6 Å². The second-order valence-corrected chi connectivity index (χ2v) is 18.4. The molecule has 0 aliphatic carbocycles. The van der Waals surface area contributed by atoms with Gasteiger partial charge in [-0.1, -0.05) is 94.4 Å². The van der Waals surface area contributed by atoms with E-state index in [1.807, 2.05) is 0 Å². The molecule has 2 heterocycles. The van der Waals surface area contributed by atoms with E-state index in [-0.39, 0.29) is 25.7 Å². The molecule has 4 rings (SSSR count). The van der Waals surface area contributed by atoms with Crippen molar-refractivity contribution in [3.8, 4) is 0 Å². The van der Waals surface area contributed by atoms with Gasteiger partial charge in [0.1, 0.15) is 60.9 Å². The maximum atomic E-state index is 14.9. The van der Waals surface area contributed by atoms with E-state index in [2.05, 4.69) is 30.8 Å². The molecule has 23 heteroatoms. The van der Waals surface area contributed by atoms with Crippen LogP contribution in [0.5, 0.6) is 0 Å². The third-order valence-electron chi connectivity index (χ3n) is 11.7. The number of ether oxygens (including phenoxy) is 2. The third-order valence-corrected chi connectivity index (χ3v) is 12.1. The maximum absolute atomic E-state index is 14.9. The number of nitrogens with zero attached hydrogens (tertiary/aromatic N) is 2. The second-order valence-electron chi connectivity index (χ2n) is 17.4. The zero-order valence-electron chi connectivity index (χ0n) is 39.7. The summed E-state index contributed by atoms with van der Waals surface area (Å²) in [4.78, 5) is 116. The highest BCUT2D eigenvalue weighted by atomic mass is 32.3. The molecule has 22 nitrogen and oxygen atoms in total. The largest absolute Gasteiger partial charge is 0.726 e. The normalized spacial score (nSPS) is 25.1. The maximum Gasteiger partial charge on any atom is 0.329 e. The molecule has 0 unspecified atom stereocenters. The molecule has 2 aromatic rings. The molecule has 0 saturated carbocycles. The van der Waals surface area contributed by atoms with E-state index in [9.17, 15) is 56.4 Å². The lowest BCUT2D eigenvalue weighted by molar-refractivity contribution is -0.165. The number of piperidine rings is 1. The Balaban J connectivity index is 1.81. The minimum Gasteiger partial charge on any atom is -0.726 e. The summed E-state index contributed by atoms with van der Waals surface area (Å²) in [6, 6.07) is 8.58. The first kappa shape index (κ1) is 55.3. The van der Waals surface area contributed by atoms with Crippen molar-refractivity contribution >= 4 is 57.7 Å². The SMILES string of the molecule is C/C=C1\NC(=O)[C@@H](NC(=O)[C@@H](NC(=O)[C@@H](COS(=O)(=O)[O-])OC)C(C)C)[C@@H](C)OC(=O)[C@H](C(C)C)NC(=O)[C@H](Cc2ccccc2)N(C)C(=O)[C@H](Cc2ccccc2)N2C(=O)[C@H](CC[C@H]2O)NC1=O. The van der Waals surface area contributed by atoms with Crippen LogP contribution in [-0.4, -0.2) is 151 Å². The van der Waals surface area contributed by atoms with Crippen LogP contribution in [0.3, 0.4) is 0 Å². The van der Waals surface area contributed by atoms with Crippen LogP contribution in [0.2, 0.25) is 0 Å². The molecule has 0 spiro atoms. The van der Waals surface area contributed by atoms with E-state index in [1.165, 1.54) is 40.8 Å². The molecule has 2 aliphatic heterocycles. The highest BCUT2D eigenvalue weighted by Gasteiger charge is 2.45. The molecule has 6 N–H and O–H groups in total. The number of aliphatic hydroxyl groups excluding tert-OH is 1. The Bertz CT molecular complexity index is 2320. The van der Waals surface area contributed by atoms with Crippen LogP contribution in [-0.2, 0) is 75.3 Å². The molecular formula is C46H62N7O15S-. The van der Waals surface area contributed by atoms with Gasteiger partial charge in [-0.25, -0.2) is 13.2 Å². The number of methoxy groups -OCH3 is 1. The number of amides is 7. The molecule has 2 aliphatic rings. The van der Waals surface area contributed by atoms with Crippen LogP contribution in [0.1, 0.15) is 65.5 Å². The number of esters is 1. The van der Waals surface area contributed by atoms with Crippen molar-refractivity contribution < 1.29 is 70.1 Å². The zero-order valence-corrected chi connectivity index (χ0v) is 40.5. The number of fused-ring (bicyclic) bond motifs is 2. The molecule has 2 aromatic carbocycles. The Morgan fingerprint density at radius 3 is 1.99 bits per heavy atom. The summed E-state index contributed by atoms with van der Waals surface area (Å²) in [5, 5.41) is 24.0. The summed E-state index contributed by atoms with van der Waals surface area (Å²) in [7, 11) is -2.84. The van der Waals surface area contributed by atoms with Crippen LogP contribution in [0, 0.1) is 11.8 Å². The van der Waals surface area contributed by atoms with Crippen LogP contribution >= 0.6 is 0 Å². The Morgan fingerprint density at radius 1 is 0.884 bits per heavy atom. The monoisotopic (exact) mass is 984 g/mol. The molecule has 7 amide bonds. The Kier molecular flexibility index (Phi) is 19.9. The molecule has 69 heavy (non-hydrogen) atoms. The second kappa shape index (κ2) is 24.8. The lowest BCUT2D eigenvalue weighted by Gasteiger charge is -2.43. The van der Waals surface area contributed by atoms with Gasteiger partial charge in [0.25, 0.3) is 17.7 Å². The van der Waals surface area contributed by atoms with Gasteiger partial charge in [0, 0.05) is 27.0 Å². The van der Waals surface area contributed by atoms with Gasteiger partial charge < -0.3 is 55.5 Å². The van der Waals surface area contributed by atoms with Gasteiger partial charge in [-0.3, -0.25) is 37.7 Å². The summed E-state index contributed by atoms with van der Waals surface area (Å²) in [5.74, 6) is -9.03. The fraction of sp³-hybridized carbons (Fsp3) is 0.522. The van der Waals surface area contributed by atoms with Gasteiger partial charge in [-0.05, 0) is 49.7 Å². The smallest absolute Gasteiger partial charge is 0.329 e. The average Bonchev–Trinajstić information content (AvgIpc) is 3.29. The van der Waals surface area contributed by atoms with E-state index < -0.39 is 137 Å². The van der Waals surface area contributed by atoms with Crippen LogP contribution in [0.4, 0.5) is 0 Å². The van der Waals surface area contributed by atoms with Gasteiger partial charge in [-0.15, -0.1) is 0 Å². The van der Waals surface area contributed by atoms with Crippen molar-refractivity contribution in [2.45, 2.75) is 122 Å². The lowest BCUT2D eigenvalue weighted by Crippen LogP contribution is -2.64. The number of allylic oxidation sites excluding steroid dienone is 1. The van der Waals surface area contributed by atoms with Crippen LogP contribution < -0.4 is 26.6 Å². The third kappa shape index (κ3) is 15.1. The summed E-state index contributed by atoms with van der Waals surface area (Å²) in [6.45, 7) is 7.86. The van der Waals surface area contributed by atoms with E-state index in [0.717, 1.165) is 16.9 Å². The number of hydrogen-bond acceptors (Lipinski definition) is 15. The minimum absolute atomic E-state index is 0.0672. The number of rotatable bonds is 14. The molecular weight excluding hydrogens is 923 g/mol. The van der Waals surface area contributed by atoms with E-state index in [1.54, 1.807) is 74.5 Å². The first-order valence-corrected chi connectivity index (χ1v) is 23.7. The fourth-order valence-corrected chi connectivity index (χ4v) is 8.06. The number of benzene rings is 2. The number of likely N-dealkylation sites (N-methyl/N-ethyl adjacent to an activating group) is 1. The lowest BCUT2D eigenvalue weighted by atomic mass is 9.95. The van der Waals surface area contributed by atoms with E-state index in [0.29, 0.717) is 11.1 Å². The number of hydrogen-bond donors (Lipinski definition) is 6. The van der Waals surface area contributed by atoms with Crippen molar-refractivity contribution in [2.75, 3.05) is 20.8 Å². The number of aliphatic hydroxyl groups is 1. The minimum atomic E-state index is -5.23. The number of carbonyl (C=O) groups excluding carboxylic acids is 8. The van der Waals surface area contributed by atoms with Gasteiger partial charge in [0.05, 0.1) is 0 Å². The molecule has 9 atom stereocenters. The van der Waals surface area contributed by atoms with Gasteiger partial charge >= 0.3 is 5.97 Å². The number of carbonyl (C=O) groups is 8. The van der Waals surface area contributed by atoms with Gasteiger partial charge in [-0.2, -0.15) is 0 Å². The number of cyclic esters (lactones) is 1. The number of nitrogens with one attached hydrogen (secondary N) is 5. The quantitative estimate of drug-likeness (QED) is 0.0591. The fourth-order valence-electron chi connectivity index (χ4n) is 7.77. The Hall–Kier alpha value is -6.27. The van der Waals surface area contributed by atoms with Crippen LogP contribution in [0.15, 0.2) is 72.4 Å².